The second-order valence-corrected chi connectivity index (χ2v) is 8.27. The van der Waals surface area contributed by atoms with Crippen LogP contribution in [0.5, 0.6) is 0 Å². The van der Waals surface area contributed by atoms with Crippen LogP contribution in [0.4, 0.5) is 5.69 Å². The standard InChI is InChI=1S/C20H19ClN4O4S/c1-12-15(9-10-17(23-3)18(12)21)11-16(13(2)29-30(22,26)27)20-25-24-19(28-20)14-7-5-4-6-8-14/h4-10,13,16H,11H2,1-2H3,(H2,22,26,27)/t13-,16+/m0/s1. The second-order valence-electron chi connectivity index (χ2n) is 6.71. The molecule has 0 spiro atoms. The molecule has 3 aromatic rings. The Kier molecular flexibility index (Phi) is 6.53. The van der Waals surface area contributed by atoms with Crippen molar-refractivity contribution >= 4 is 27.6 Å². The van der Waals surface area contributed by atoms with Crippen LogP contribution in [0.25, 0.3) is 16.3 Å². The molecule has 10 heteroatoms. The van der Waals surface area contributed by atoms with Crippen LogP contribution in [-0.4, -0.2) is 24.7 Å². The van der Waals surface area contributed by atoms with Crippen LogP contribution in [0.2, 0.25) is 5.02 Å². The van der Waals surface area contributed by atoms with Crippen LogP contribution in [0, 0.1) is 13.5 Å². The quantitative estimate of drug-likeness (QED) is 0.544. The third-order valence-electron chi connectivity index (χ3n) is 4.67. The molecule has 0 amide bonds. The Balaban J connectivity index is 1.99. The molecular weight excluding hydrogens is 428 g/mol. The lowest BCUT2D eigenvalue weighted by molar-refractivity contribution is 0.180. The number of aromatic nitrogens is 2. The van der Waals surface area contributed by atoms with Crippen molar-refractivity contribution < 1.29 is 17.0 Å². The van der Waals surface area contributed by atoms with Gasteiger partial charge in [0.25, 0.3) is 0 Å². The van der Waals surface area contributed by atoms with Crippen molar-refractivity contribution in [1.29, 1.82) is 0 Å². The topological polar surface area (TPSA) is 113 Å². The molecule has 3 rings (SSSR count). The van der Waals surface area contributed by atoms with Gasteiger partial charge >= 0.3 is 10.3 Å². The molecule has 0 unspecified atom stereocenters. The second kappa shape index (κ2) is 8.93. The van der Waals surface area contributed by atoms with Crippen molar-refractivity contribution in [3.8, 4) is 11.5 Å². The zero-order valence-electron chi connectivity index (χ0n) is 16.2. The summed E-state index contributed by atoms with van der Waals surface area (Å²) < 4.78 is 33.8. The van der Waals surface area contributed by atoms with Gasteiger partial charge < -0.3 is 4.42 Å². The van der Waals surface area contributed by atoms with Gasteiger partial charge in [0, 0.05) is 5.56 Å². The summed E-state index contributed by atoms with van der Waals surface area (Å²) in [5, 5.41) is 13.6. The van der Waals surface area contributed by atoms with E-state index in [4.69, 9.17) is 31.9 Å². The van der Waals surface area contributed by atoms with Crippen LogP contribution in [0.15, 0.2) is 46.9 Å². The fourth-order valence-electron chi connectivity index (χ4n) is 3.07. The van der Waals surface area contributed by atoms with Crippen LogP contribution < -0.4 is 5.14 Å². The number of hydrogen-bond donors (Lipinski definition) is 1. The third-order valence-corrected chi connectivity index (χ3v) is 5.72. The maximum absolute atomic E-state index is 11.5. The predicted octanol–water partition coefficient (Wildman–Crippen LogP) is 4.18. The Hall–Kier alpha value is -2.77. The van der Waals surface area contributed by atoms with Gasteiger partial charge in [-0.3, -0.25) is 4.18 Å². The van der Waals surface area contributed by atoms with Gasteiger partial charge in [-0.05, 0) is 43.5 Å². The van der Waals surface area contributed by atoms with E-state index >= 15 is 0 Å². The fraction of sp³-hybridized carbons (Fsp3) is 0.250. The number of nitrogens with zero attached hydrogens (tertiary/aromatic N) is 3. The van der Waals surface area contributed by atoms with E-state index in [1.165, 1.54) is 0 Å². The van der Waals surface area contributed by atoms with Gasteiger partial charge in [-0.15, -0.1) is 10.2 Å². The minimum Gasteiger partial charge on any atom is -0.420 e. The average molecular weight is 447 g/mol. The van der Waals surface area contributed by atoms with E-state index in [1.807, 2.05) is 30.3 Å². The number of halogens is 1. The van der Waals surface area contributed by atoms with Crippen molar-refractivity contribution in [2.45, 2.75) is 32.3 Å². The van der Waals surface area contributed by atoms with Gasteiger partial charge in [-0.25, -0.2) is 9.98 Å². The van der Waals surface area contributed by atoms with Crippen molar-refractivity contribution in [3.05, 3.63) is 75.9 Å². The van der Waals surface area contributed by atoms with Gasteiger partial charge in [0.15, 0.2) is 0 Å². The molecule has 0 aliphatic heterocycles. The van der Waals surface area contributed by atoms with E-state index in [1.54, 1.807) is 26.0 Å². The Morgan fingerprint density at radius 1 is 1.23 bits per heavy atom. The molecule has 0 radical (unpaired) electrons. The lowest BCUT2D eigenvalue weighted by atomic mass is 9.92. The lowest BCUT2D eigenvalue weighted by Gasteiger charge is -2.21. The maximum Gasteiger partial charge on any atom is 0.333 e. The molecular formula is C20H19ClN4O4S. The largest absolute Gasteiger partial charge is 0.420 e. The van der Waals surface area contributed by atoms with E-state index < -0.39 is 22.3 Å². The third kappa shape index (κ3) is 5.04. The van der Waals surface area contributed by atoms with Gasteiger partial charge in [-0.2, -0.15) is 8.42 Å². The molecule has 156 valence electrons. The van der Waals surface area contributed by atoms with Crippen molar-refractivity contribution in [3.63, 3.8) is 0 Å². The molecule has 2 atom stereocenters. The SMILES string of the molecule is [C-]#[N+]c1ccc(C[C@@H](c2nnc(-c3ccccc3)o2)[C@H](C)OS(N)(=O)=O)c(C)c1Cl. The zero-order valence-corrected chi connectivity index (χ0v) is 17.8. The summed E-state index contributed by atoms with van der Waals surface area (Å²) in [4.78, 5) is 3.39. The van der Waals surface area contributed by atoms with Crippen molar-refractivity contribution in [2.24, 2.45) is 5.14 Å². The van der Waals surface area contributed by atoms with E-state index in [0.717, 1.165) is 11.1 Å². The number of rotatable bonds is 7. The first-order chi connectivity index (χ1) is 14.2. The fourth-order valence-corrected chi connectivity index (χ4v) is 3.85. The molecule has 1 aromatic heterocycles. The first-order valence-corrected chi connectivity index (χ1v) is 10.8. The summed E-state index contributed by atoms with van der Waals surface area (Å²) >= 11 is 6.29. The molecule has 1 heterocycles. The maximum atomic E-state index is 11.5. The Morgan fingerprint density at radius 2 is 1.93 bits per heavy atom. The predicted molar refractivity (Wildman–Crippen MR) is 112 cm³/mol. The summed E-state index contributed by atoms with van der Waals surface area (Å²) in [6, 6.07) is 12.6. The van der Waals surface area contributed by atoms with Crippen molar-refractivity contribution in [2.75, 3.05) is 0 Å². The molecule has 8 nitrogen and oxygen atoms in total. The lowest BCUT2D eigenvalue weighted by Crippen LogP contribution is -2.28. The van der Waals surface area contributed by atoms with Crippen LogP contribution in [0.3, 0.4) is 0 Å². The molecule has 0 saturated carbocycles. The first kappa shape index (κ1) is 21.9. The highest BCUT2D eigenvalue weighted by Crippen LogP contribution is 2.35. The van der Waals surface area contributed by atoms with Gasteiger partial charge in [0.2, 0.25) is 17.5 Å². The summed E-state index contributed by atoms with van der Waals surface area (Å²) in [7, 11) is -4.20. The van der Waals surface area contributed by atoms with E-state index in [-0.39, 0.29) is 12.3 Å². The molecule has 0 fully saturated rings. The minimum atomic E-state index is -4.20. The van der Waals surface area contributed by atoms with E-state index in [2.05, 4.69) is 15.0 Å². The molecule has 2 aromatic carbocycles. The monoisotopic (exact) mass is 446 g/mol. The van der Waals surface area contributed by atoms with Crippen molar-refractivity contribution in [1.82, 2.24) is 10.2 Å². The van der Waals surface area contributed by atoms with E-state index in [0.29, 0.717) is 22.2 Å². The van der Waals surface area contributed by atoms with E-state index in [9.17, 15) is 8.42 Å². The normalized spacial score (nSPS) is 13.6. The van der Waals surface area contributed by atoms with Crippen LogP contribution in [-0.2, 0) is 20.9 Å². The highest BCUT2D eigenvalue weighted by molar-refractivity contribution is 7.84. The highest BCUT2D eigenvalue weighted by atomic mass is 35.5. The van der Waals surface area contributed by atoms with Gasteiger partial charge in [-0.1, -0.05) is 41.9 Å². The summed E-state index contributed by atoms with van der Waals surface area (Å²) in [6.07, 6.45) is -0.598. The summed E-state index contributed by atoms with van der Waals surface area (Å²) in [6.45, 7) is 10.5. The van der Waals surface area contributed by atoms with Crippen LogP contribution >= 0.6 is 11.6 Å². The van der Waals surface area contributed by atoms with Gasteiger partial charge in [0.05, 0.1) is 23.6 Å². The summed E-state index contributed by atoms with van der Waals surface area (Å²) in [5.41, 5.74) is 2.57. The number of nitrogens with two attached hydrogens (primary N) is 1. The molecule has 0 saturated heterocycles. The zero-order chi connectivity index (χ0) is 21.9. The molecule has 0 aliphatic rings. The molecule has 0 bridgehead atoms. The Bertz CT molecular complexity index is 1190. The van der Waals surface area contributed by atoms with Gasteiger partial charge in [0.1, 0.15) is 0 Å². The Morgan fingerprint density at radius 3 is 2.57 bits per heavy atom. The minimum absolute atomic E-state index is 0.204. The van der Waals surface area contributed by atoms with Crippen LogP contribution in [0.1, 0.15) is 29.9 Å². The summed E-state index contributed by atoms with van der Waals surface area (Å²) in [5.74, 6) is -0.117. The molecule has 30 heavy (non-hydrogen) atoms. The average Bonchev–Trinajstić information content (AvgIpc) is 3.18. The molecule has 0 aliphatic carbocycles. The first-order valence-electron chi connectivity index (χ1n) is 8.95. The smallest absolute Gasteiger partial charge is 0.333 e. The molecule has 2 N–H and O–H groups in total. The Labute approximate surface area is 179 Å². The number of benzene rings is 2. The number of hydrogen-bond acceptors (Lipinski definition) is 6. The highest BCUT2D eigenvalue weighted by Gasteiger charge is 2.30.